The first kappa shape index (κ1) is 14.6. The SMILES string of the molecule is CCOc1ccc(C(Br)c2ccccc2C)cc1Br. The second-order valence-corrected chi connectivity index (χ2v) is 6.11. The molecule has 0 spiro atoms. The molecule has 3 heteroatoms. The van der Waals surface area contributed by atoms with Gasteiger partial charge in [-0.25, -0.2) is 0 Å². The van der Waals surface area contributed by atoms with Crippen LogP contribution in [0.1, 0.15) is 28.4 Å². The molecule has 0 amide bonds. The van der Waals surface area contributed by atoms with Gasteiger partial charge < -0.3 is 4.74 Å². The Hall–Kier alpha value is -0.800. The molecule has 0 heterocycles. The lowest BCUT2D eigenvalue weighted by molar-refractivity contribution is 0.338. The van der Waals surface area contributed by atoms with Gasteiger partial charge in [0.05, 0.1) is 15.9 Å². The Balaban J connectivity index is 2.32. The van der Waals surface area contributed by atoms with E-state index in [1.807, 2.05) is 13.0 Å². The topological polar surface area (TPSA) is 9.23 Å². The van der Waals surface area contributed by atoms with Crippen LogP contribution < -0.4 is 4.74 Å². The maximum absolute atomic E-state index is 5.54. The van der Waals surface area contributed by atoms with Gasteiger partial charge in [0, 0.05) is 0 Å². The van der Waals surface area contributed by atoms with E-state index in [1.165, 1.54) is 16.7 Å². The van der Waals surface area contributed by atoms with E-state index in [4.69, 9.17) is 4.74 Å². The van der Waals surface area contributed by atoms with Crippen LogP contribution in [0, 0.1) is 6.92 Å². The minimum Gasteiger partial charge on any atom is -0.493 e. The summed E-state index contributed by atoms with van der Waals surface area (Å²) < 4.78 is 6.53. The van der Waals surface area contributed by atoms with E-state index in [0.29, 0.717) is 6.61 Å². The highest BCUT2D eigenvalue weighted by atomic mass is 79.9. The van der Waals surface area contributed by atoms with Gasteiger partial charge in [-0.2, -0.15) is 0 Å². The first-order chi connectivity index (χ1) is 9.13. The third kappa shape index (κ3) is 3.40. The van der Waals surface area contributed by atoms with Crippen LogP contribution in [0.4, 0.5) is 0 Å². The van der Waals surface area contributed by atoms with Crippen LogP contribution in [0.3, 0.4) is 0 Å². The fraction of sp³-hybridized carbons (Fsp3) is 0.250. The number of aryl methyl sites for hydroxylation is 1. The predicted octanol–water partition coefficient (Wildman–Crippen LogP) is 5.64. The fourth-order valence-electron chi connectivity index (χ4n) is 2.00. The smallest absolute Gasteiger partial charge is 0.133 e. The molecule has 0 saturated carbocycles. The second-order valence-electron chi connectivity index (χ2n) is 4.34. The Bertz CT molecular complexity index is 566. The number of ether oxygens (including phenoxy) is 1. The molecule has 100 valence electrons. The van der Waals surface area contributed by atoms with Crippen molar-refractivity contribution in [1.29, 1.82) is 0 Å². The largest absolute Gasteiger partial charge is 0.493 e. The predicted molar refractivity (Wildman–Crippen MR) is 87.3 cm³/mol. The maximum atomic E-state index is 5.54. The van der Waals surface area contributed by atoms with Crippen LogP contribution >= 0.6 is 31.9 Å². The molecule has 2 aromatic rings. The molecule has 0 aromatic heterocycles. The molecule has 0 fully saturated rings. The summed E-state index contributed by atoms with van der Waals surface area (Å²) in [6.07, 6.45) is 0. The number of halogens is 2. The molecule has 2 aromatic carbocycles. The third-order valence-corrected chi connectivity index (χ3v) is 4.65. The monoisotopic (exact) mass is 382 g/mol. The zero-order chi connectivity index (χ0) is 13.8. The molecule has 0 aliphatic rings. The number of rotatable bonds is 4. The lowest BCUT2D eigenvalue weighted by Gasteiger charge is -2.15. The zero-order valence-corrected chi connectivity index (χ0v) is 14.2. The standard InChI is InChI=1S/C16H16Br2O/c1-3-19-15-9-8-12(10-14(15)17)16(18)13-7-5-4-6-11(13)2/h4-10,16H,3H2,1-2H3. The van der Waals surface area contributed by atoms with Crippen molar-refractivity contribution in [3.8, 4) is 5.75 Å². The summed E-state index contributed by atoms with van der Waals surface area (Å²) in [4.78, 5) is 0.195. The van der Waals surface area contributed by atoms with Gasteiger partial charge in [-0.3, -0.25) is 0 Å². The van der Waals surface area contributed by atoms with E-state index in [2.05, 4.69) is 75.2 Å². The van der Waals surface area contributed by atoms with E-state index < -0.39 is 0 Å². The first-order valence-electron chi connectivity index (χ1n) is 6.25. The van der Waals surface area contributed by atoms with Crippen molar-refractivity contribution >= 4 is 31.9 Å². The van der Waals surface area contributed by atoms with Crippen LogP contribution in [0.15, 0.2) is 46.9 Å². The van der Waals surface area contributed by atoms with Crippen LogP contribution in [0.5, 0.6) is 5.75 Å². The molecule has 0 saturated heterocycles. The molecule has 0 aliphatic carbocycles. The number of benzene rings is 2. The van der Waals surface area contributed by atoms with Crippen LogP contribution in [-0.2, 0) is 0 Å². The average molecular weight is 384 g/mol. The molecule has 19 heavy (non-hydrogen) atoms. The molecule has 0 bridgehead atoms. The zero-order valence-electron chi connectivity index (χ0n) is 11.0. The van der Waals surface area contributed by atoms with Gasteiger partial charge in [0.2, 0.25) is 0 Å². The Morgan fingerprint density at radius 2 is 1.89 bits per heavy atom. The van der Waals surface area contributed by atoms with E-state index in [-0.39, 0.29) is 4.83 Å². The van der Waals surface area contributed by atoms with E-state index >= 15 is 0 Å². The molecular weight excluding hydrogens is 368 g/mol. The van der Waals surface area contributed by atoms with Crippen molar-refractivity contribution in [2.75, 3.05) is 6.61 Å². The fourth-order valence-corrected chi connectivity index (χ4v) is 3.31. The second kappa shape index (κ2) is 6.58. The molecule has 2 rings (SSSR count). The summed E-state index contributed by atoms with van der Waals surface area (Å²) >= 11 is 7.34. The first-order valence-corrected chi connectivity index (χ1v) is 7.96. The molecule has 0 N–H and O–H groups in total. The summed E-state index contributed by atoms with van der Waals surface area (Å²) in [6, 6.07) is 14.6. The Kier molecular flexibility index (Phi) is 5.06. The van der Waals surface area contributed by atoms with Crippen LogP contribution in [0.25, 0.3) is 0 Å². The van der Waals surface area contributed by atoms with Crippen molar-refractivity contribution < 1.29 is 4.74 Å². The molecule has 1 unspecified atom stereocenters. The molecule has 1 nitrogen and oxygen atoms in total. The lowest BCUT2D eigenvalue weighted by Crippen LogP contribution is -1.97. The van der Waals surface area contributed by atoms with Crippen molar-refractivity contribution in [3.63, 3.8) is 0 Å². The van der Waals surface area contributed by atoms with Crippen molar-refractivity contribution in [2.45, 2.75) is 18.7 Å². The molecule has 1 atom stereocenters. The van der Waals surface area contributed by atoms with Gasteiger partial charge in [-0.05, 0) is 58.6 Å². The Morgan fingerprint density at radius 1 is 1.16 bits per heavy atom. The minimum absolute atomic E-state index is 0.195. The Labute approximate surface area is 131 Å². The highest BCUT2D eigenvalue weighted by Gasteiger charge is 2.14. The van der Waals surface area contributed by atoms with Gasteiger partial charge >= 0.3 is 0 Å². The van der Waals surface area contributed by atoms with Crippen molar-refractivity contribution in [3.05, 3.63) is 63.6 Å². The highest BCUT2D eigenvalue weighted by Crippen LogP contribution is 2.36. The summed E-state index contributed by atoms with van der Waals surface area (Å²) in [5.41, 5.74) is 3.79. The summed E-state index contributed by atoms with van der Waals surface area (Å²) in [5.74, 6) is 0.885. The lowest BCUT2D eigenvalue weighted by atomic mass is 10.0. The summed E-state index contributed by atoms with van der Waals surface area (Å²) in [6.45, 7) is 4.79. The van der Waals surface area contributed by atoms with Gasteiger partial charge in [-0.15, -0.1) is 0 Å². The van der Waals surface area contributed by atoms with Crippen molar-refractivity contribution in [2.24, 2.45) is 0 Å². The van der Waals surface area contributed by atoms with Crippen molar-refractivity contribution in [1.82, 2.24) is 0 Å². The van der Waals surface area contributed by atoms with E-state index in [9.17, 15) is 0 Å². The number of hydrogen-bond donors (Lipinski definition) is 0. The van der Waals surface area contributed by atoms with Crippen LogP contribution in [0.2, 0.25) is 0 Å². The normalized spacial score (nSPS) is 12.2. The van der Waals surface area contributed by atoms with Gasteiger partial charge in [0.1, 0.15) is 5.75 Å². The van der Waals surface area contributed by atoms with E-state index in [0.717, 1.165) is 10.2 Å². The minimum atomic E-state index is 0.195. The van der Waals surface area contributed by atoms with E-state index in [1.54, 1.807) is 0 Å². The summed E-state index contributed by atoms with van der Waals surface area (Å²) in [5, 5.41) is 0. The average Bonchev–Trinajstić information content (AvgIpc) is 2.41. The molecule has 0 radical (unpaired) electrons. The Morgan fingerprint density at radius 3 is 2.53 bits per heavy atom. The molecule has 0 aliphatic heterocycles. The van der Waals surface area contributed by atoms with Gasteiger partial charge in [-0.1, -0.05) is 46.3 Å². The highest BCUT2D eigenvalue weighted by molar-refractivity contribution is 9.10. The summed E-state index contributed by atoms with van der Waals surface area (Å²) in [7, 11) is 0. The molecular formula is C16H16Br2O. The quantitative estimate of drug-likeness (QED) is 0.620. The number of hydrogen-bond acceptors (Lipinski definition) is 1. The van der Waals surface area contributed by atoms with Gasteiger partial charge in [0.25, 0.3) is 0 Å². The maximum Gasteiger partial charge on any atom is 0.133 e. The number of alkyl halides is 1. The van der Waals surface area contributed by atoms with Gasteiger partial charge in [0.15, 0.2) is 0 Å². The third-order valence-electron chi connectivity index (χ3n) is 3.01. The van der Waals surface area contributed by atoms with Crippen LogP contribution in [-0.4, -0.2) is 6.61 Å².